The Bertz CT molecular complexity index is 517. The molecule has 0 aromatic heterocycles. The highest BCUT2D eigenvalue weighted by Crippen LogP contribution is 2.21. The van der Waals surface area contributed by atoms with E-state index in [1.165, 1.54) is 12.1 Å². The Hall–Kier alpha value is -1.51. The second kappa shape index (κ2) is 5.71. The molecule has 0 fully saturated rings. The molecule has 1 unspecified atom stereocenters. The summed E-state index contributed by atoms with van der Waals surface area (Å²) in [6.45, 7) is 1.84. The summed E-state index contributed by atoms with van der Waals surface area (Å²) in [5, 5.41) is 9.50. The van der Waals surface area contributed by atoms with Crippen LogP contribution in [-0.2, 0) is 10.0 Å². The van der Waals surface area contributed by atoms with Crippen LogP contribution < -0.4 is 4.72 Å². The lowest BCUT2D eigenvalue weighted by Gasteiger charge is -2.15. The molecule has 2 N–H and O–H groups in total. The Balaban J connectivity index is 2.97. The minimum atomic E-state index is -3.72. The third-order valence-corrected chi connectivity index (χ3v) is 3.90. The first-order valence-electron chi connectivity index (χ1n) is 5.25. The zero-order valence-electron chi connectivity index (χ0n) is 9.55. The van der Waals surface area contributed by atoms with E-state index in [9.17, 15) is 13.5 Å². The van der Waals surface area contributed by atoms with E-state index in [1.807, 2.05) is 6.92 Å². The van der Waals surface area contributed by atoms with Gasteiger partial charge in [-0.25, -0.2) is 13.1 Å². The molecule has 0 heterocycles. The van der Waals surface area contributed by atoms with Crippen LogP contribution in [0.3, 0.4) is 0 Å². The normalized spacial score (nSPS) is 12.9. The van der Waals surface area contributed by atoms with Gasteiger partial charge in [0, 0.05) is 12.5 Å². The quantitative estimate of drug-likeness (QED) is 0.781. The maximum absolute atomic E-state index is 12.0. The lowest BCUT2D eigenvalue weighted by Crippen LogP contribution is -2.34. The van der Waals surface area contributed by atoms with Gasteiger partial charge in [-0.05, 0) is 18.6 Å². The SMILES string of the molecule is C#CCC(CC)NS(=O)(=O)c1ccccc1O. The number of para-hydroxylation sites is 1. The van der Waals surface area contributed by atoms with Crippen LogP contribution in [0.2, 0.25) is 0 Å². The van der Waals surface area contributed by atoms with Gasteiger partial charge >= 0.3 is 0 Å². The number of hydrogen-bond donors (Lipinski definition) is 2. The highest BCUT2D eigenvalue weighted by molar-refractivity contribution is 7.89. The van der Waals surface area contributed by atoms with Crippen LogP contribution >= 0.6 is 0 Å². The molecule has 0 aliphatic heterocycles. The van der Waals surface area contributed by atoms with Crippen LogP contribution in [-0.4, -0.2) is 19.6 Å². The van der Waals surface area contributed by atoms with Gasteiger partial charge in [0.1, 0.15) is 10.6 Å². The molecule has 0 aliphatic carbocycles. The summed E-state index contributed by atoms with van der Waals surface area (Å²) in [6, 6.07) is 5.48. The largest absolute Gasteiger partial charge is 0.507 e. The molecule has 1 aromatic rings. The fourth-order valence-corrected chi connectivity index (χ4v) is 2.80. The number of phenols is 1. The predicted molar refractivity (Wildman–Crippen MR) is 66.0 cm³/mol. The molecule has 0 saturated carbocycles. The predicted octanol–water partition coefficient (Wildman–Crippen LogP) is 1.47. The molecule has 0 radical (unpaired) electrons. The average Bonchev–Trinajstić information content (AvgIpc) is 2.28. The number of terminal acetylenes is 1. The Morgan fingerprint density at radius 3 is 2.65 bits per heavy atom. The molecule has 1 rings (SSSR count). The van der Waals surface area contributed by atoms with Crippen LogP contribution in [0.15, 0.2) is 29.2 Å². The van der Waals surface area contributed by atoms with Gasteiger partial charge in [0.25, 0.3) is 0 Å². The Kier molecular flexibility index (Phi) is 4.55. The number of benzene rings is 1. The summed E-state index contributed by atoms with van der Waals surface area (Å²) >= 11 is 0. The van der Waals surface area contributed by atoms with Gasteiger partial charge in [-0.15, -0.1) is 12.3 Å². The third kappa shape index (κ3) is 3.48. The highest BCUT2D eigenvalue weighted by Gasteiger charge is 2.21. The highest BCUT2D eigenvalue weighted by atomic mass is 32.2. The van der Waals surface area contributed by atoms with Crippen molar-refractivity contribution in [1.82, 2.24) is 4.72 Å². The maximum Gasteiger partial charge on any atom is 0.244 e. The zero-order chi connectivity index (χ0) is 12.9. The Morgan fingerprint density at radius 1 is 1.47 bits per heavy atom. The van der Waals surface area contributed by atoms with Gasteiger partial charge in [-0.2, -0.15) is 0 Å². The number of aromatic hydroxyl groups is 1. The van der Waals surface area contributed by atoms with Crippen molar-refractivity contribution in [2.45, 2.75) is 30.7 Å². The molecule has 17 heavy (non-hydrogen) atoms. The van der Waals surface area contributed by atoms with Crippen LogP contribution in [0.25, 0.3) is 0 Å². The molecule has 0 aliphatic rings. The maximum atomic E-state index is 12.0. The molecular formula is C12H15NO3S. The second-order valence-corrected chi connectivity index (χ2v) is 5.28. The summed E-state index contributed by atoms with van der Waals surface area (Å²) in [5.41, 5.74) is 0. The number of sulfonamides is 1. The van der Waals surface area contributed by atoms with Gasteiger partial charge in [0.05, 0.1) is 0 Å². The van der Waals surface area contributed by atoms with Crippen molar-refractivity contribution in [1.29, 1.82) is 0 Å². The minimum Gasteiger partial charge on any atom is -0.507 e. The van der Waals surface area contributed by atoms with Crippen LogP contribution in [0.1, 0.15) is 19.8 Å². The molecule has 5 heteroatoms. The van der Waals surface area contributed by atoms with E-state index < -0.39 is 10.0 Å². The smallest absolute Gasteiger partial charge is 0.244 e. The van der Waals surface area contributed by atoms with Gasteiger partial charge in [-0.1, -0.05) is 19.1 Å². The number of nitrogens with one attached hydrogen (secondary N) is 1. The standard InChI is InChI=1S/C12H15NO3S/c1-3-7-10(4-2)13-17(15,16)12-9-6-5-8-11(12)14/h1,5-6,8-10,13-14H,4,7H2,2H3. The molecule has 1 aromatic carbocycles. The van der Waals surface area contributed by atoms with E-state index >= 15 is 0 Å². The van der Waals surface area contributed by atoms with Crippen LogP contribution in [0.5, 0.6) is 5.75 Å². The van der Waals surface area contributed by atoms with Gasteiger partial charge in [0.15, 0.2) is 0 Å². The summed E-state index contributed by atoms with van der Waals surface area (Å²) in [4.78, 5) is -0.129. The lowest BCUT2D eigenvalue weighted by atomic mass is 10.2. The molecule has 1 atom stereocenters. The van der Waals surface area contributed by atoms with Gasteiger partial charge in [-0.3, -0.25) is 0 Å². The van der Waals surface area contributed by atoms with E-state index in [4.69, 9.17) is 6.42 Å². The van der Waals surface area contributed by atoms with E-state index in [2.05, 4.69) is 10.6 Å². The summed E-state index contributed by atoms with van der Waals surface area (Å²) in [7, 11) is -3.72. The minimum absolute atomic E-state index is 0.129. The van der Waals surface area contributed by atoms with E-state index in [1.54, 1.807) is 12.1 Å². The molecule has 4 nitrogen and oxygen atoms in total. The molecule has 0 saturated heterocycles. The van der Waals surface area contributed by atoms with E-state index in [0.717, 1.165) is 0 Å². The monoisotopic (exact) mass is 253 g/mol. The first kappa shape index (κ1) is 13.6. The van der Waals surface area contributed by atoms with Crippen molar-refractivity contribution in [3.63, 3.8) is 0 Å². The number of rotatable bonds is 5. The average molecular weight is 253 g/mol. The second-order valence-electron chi connectivity index (χ2n) is 3.60. The van der Waals surface area contributed by atoms with Crippen molar-refractivity contribution < 1.29 is 13.5 Å². The zero-order valence-corrected chi connectivity index (χ0v) is 10.4. The Labute approximate surface area is 102 Å². The molecule has 0 bridgehead atoms. The van der Waals surface area contributed by atoms with Gasteiger partial charge < -0.3 is 5.11 Å². The van der Waals surface area contributed by atoms with Crippen molar-refractivity contribution in [3.05, 3.63) is 24.3 Å². The molecule has 92 valence electrons. The van der Waals surface area contributed by atoms with Crippen molar-refractivity contribution in [2.75, 3.05) is 0 Å². The first-order chi connectivity index (χ1) is 8.01. The van der Waals surface area contributed by atoms with Crippen molar-refractivity contribution >= 4 is 10.0 Å². The van der Waals surface area contributed by atoms with E-state index in [-0.39, 0.29) is 16.7 Å². The van der Waals surface area contributed by atoms with Crippen LogP contribution in [0.4, 0.5) is 0 Å². The summed E-state index contributed by atoms with van der Waals surface area (Å²) in [5.74, 6) is 2.15. The topological polar surface area (TPSA) is 66.4 Å². The lowest BCUT2D eigenvalue weighted by molar-refractivity contribution is 0.456. The molecular weight excluding hydrogens is 238 g/mol. The first-order valence-corrected chi connectivity index (χ1v) is 6.73. The number of phenolic OH excluding ortho intramolecular Hbond substituents is 1. The number of hydrogen-bond acceptors (Lipinski definition) is 3. The fourth-order valence-electron chi connectivity index (χ4n) is 1.38. The fraction of sp³-hybridized carbons (Fsp3) is 0.333. The summed E-state index contributed by atoms with van der Waals surface area (Å²) < 4.78 is 26.4. The van der Waals surface area contributed by atoms with E-state index in [0.29, 0.717) is 12.8 Å². The summed E-state index contributed by atoms with van der Waals surface area (Å²) in [6.07, 6.45) is 6.08. The molecule has 0 spiro atoms. The van der Waals surface area contributed by atoms with Gasteiger partial charge in [0.2, 0.25) is 10.0 Å². The van der Waals surface area contributed by atoms with Crippen LogP contribution in [0, 0.1) is 12.3 Å². The van der Waals surface area contributed by atoms with Crippen molar-refractivity contribution in [2.24, 2.45) is 0 Å². The Morgan fingerprint density at radius 2 is 2.12 bits per heavy atom. The van der Waals surface area contributed by atoms with Crippen molar-refractivity contribution in [3.8, 4) is 18.1 Å². The third-order valence-electron chi connectivity index (χ3n) is 2.33. The molecule has 0 amide bonds.